The number of carboxylic acids is 1. The number of aryl methyl sites for hydroxylation is 1. The maximum absolute atomic E-state index is 12.5. The summed E-state index contributed by atoms with van der Waals surface area (Å²) in [6, 6.07) is 7.07. The second-order valence-electron chi connectivity index (χ2n) is 7.57. The van der Waals surface area contributed by atoms with Gasteiger partial charge in [-0.3, -0.25) is 14.4 Å². The monoisotopic (exact) mass is 392 g/mol. The molecule has 2 unspecified atom stereocenters. The van der Waals surface area contributed by atoms with Gasteiger partial charge >= 0.3 is 5.97 Å². The van der Waals surface area contributed by atoms with E-state index in [0.29, 0.717) is 32.1 Å². The van der Waals surface area contributed by atoms with Crippen molar-refractivity contribution in [3.8, 4) is 0 Å². The van der Waals surface area contributed by atoms with Crippen LogP contribution < -0.4 is 11.1 Å². The molecule has 1 aromatic rings. The molecule has 0 spiro atoms. The molecule has 0 fully saturated rings. The fourth-order valence-corrected chi connectivity index (χ4v) is 3.10. The van der Waals surface area contributed by atoms with Gasteiger partial charge in [0.2, 0.25) is 11.8 Å². The van der Waals surface area contributed by atoms with E-state index in [9.17, 15) is 14.4 Å². The Kier molecular flexibility index (Phi) is 10.2. The first kappa shape index (κ1) is 23.6. The number of nitrogens with one attached hydrogen (secondary N) is 1. The largest absolute Gasteiger partial charge is 0.481 e. The van der Waals surface area contributed by atoms with Crippen LogP contribution in [0, 0.1) is 11.8 Å². The summed E-state index contributed by atoms with van der Waals surface area (Å²) >= 11 is 0. The zero-order valence-electron chi connectivity index (χ0n) is 16.7. The first-order chi connectivity index (χ1) is 13.2. The Morgan fingerprint density at radius 1 is 1.07 bits per heavy atom. The molecule has 2 amide bonds. The van der Waals surface area contributed by atoms with Gasteiger partial charge in [-0.25, -0.2) is 0 Å². The van der Waals surface area contributed by atoms with Gasteiger partial charge in [0.15, 0.2) is 0 Å². The lowest BCUT2D eigenvalue weighted by molar-refractivity contribution is -0.141. The van der Waals surface area contributed by atoms with Crippen LogP contribution in [-0.2, 0) is 27.2 Å². The number of amides is 2. The number of carbonyl (C=O) groups is 3. The van der Waals surface area contributed by atoms with Crippen LogP contribution in [-0.4, -0.2) is 40.6 Å². The molecule has 0 saturated carbocycles. The number of hydrogen-bond donors (Lipinski definition) is 4. The summed E-state index contributed by atoms with van der Waals surface area (Å²) in [5.74, 6) is -2.64. The van der Waals surface area contributed by atoms with Gasteiger partial charge in [0, 0.05) is 12.5 Å². The Balaban J connectivity index is 2.64. The molecule has 28 heavy (non-hydrogen) atoms. The topological polar surface area (TPSA) is 130 Å². The van der Waals surface area contributed by atoms with Crippen molar-refractivity contribution in [2.75, 3.05) is 6.61 Å². The molecule has 1 aromatic carbocycles. The third-order valence-electron chi connectivity index (χ3n) is 4.60. The number of rotatable bonds is 13. The van der Waals surface area contributed by atoms with E-state index in [1.165, 1.54) is 0 Å². The van der Waals surface area contributed by atoms with Crippen LogP contribution in [0.25, 0.3) is 0 Å². The van der Waals surface area contributed by atoms with Crippen molar-refractivity contribution in [1.29, 1.82) is 0 Å². The highest BCUT2D eigenvalue weighted by molar-refractivity contribution is 5.89. The minimum absolute atomic E-state index is 0.106. The number of hydrogen-bond acceptors (Lipinski definition) is 4. The molecule has 0 heterocycles. The van der Waals surface area contributed by atoms with Gasteiger partial charge in [0.1, 0.15) is 6.04 Å². The molecule has 2 atom stereocenters. The molecule has 0 aromatic heterocycles. The molecule has 0 aliphatic heterocycles. The second kappa shape index (κ2) is 12.1. The van der Waals surface area contributed by atoms with Crippen LogP contribution in [0.1, 0.15) is 50.7 Å². The lowest BCUT2D eigenvalue weighted by Gasteiger charge is -2.21. The Morgan fingerprint density at radius 3 is 2.11 bits per heavy atom. The summed E-state index contributed by atoms with van der Waals surface area (Å²) in [7, 11) is 0. The molecular weight excluding hydrogens is 360 g/mol. The van der Waals surface area contributed by atoms with E-state index in [-0.39, 0.29) is 18.9 Å². The van der Waals surface area contributed by atoms with E-state index < -0.39 is 29.7 Å². The van der Waals surface area contributed by atoms with E-state index >= 15 is 0 Å². The van der Waals surface area contributed by atoms with Gasteiger partial charge in [-0.15, -0.1) is 0 Å². The van der Waals surface area contributed by atoms with Crippen LogP contribution >= 0.6 is 0 Å². The van der Waals surface area contributed by atoms with E-state index in [0.717, 1.165) is 11.1 Å². The van der Waals surface area contributed by atoms with Crippen molar-refractivity contribution < 1.29 is 24.6 Å². The van der Waals surface area contributed by atoms with Crippen molar-refractivity contribution in [2.45, 2.75) is 58.4 Å². The zero-order chi connectivity index (χ0) is 21.1. The zero-order valence-corrected chi connectivity index (χ0v) is 16.7. The predicted octanol–water partition coefficient (Wildman–Crippen LogP) is 1.65. The van der Waals surface area contributed by atoms with E-state index in [1.807, 2.05) is 38.1 Å². The lowest BCUT2D eigenvalue weighted by Crippen LogP contribution is -2.47. The highest BCUT2D eigenvalue weighted by Crippen LogP contribution is 2.17. The minimum Gasteiger partial charge on any atom is -0.481 e. The summed E-state index contributed by atoms with van der Waals surface area (Å²) < 4.78 is 0. The molecule has 7 heteroatoms. The fraction of sp³-hybridized carbons (Fsp3) is 0.571. The number of benzene rings is 1. The number of primary amides is 1. The van der Waals surface area contributed by atoms with Crippen LogP contribution in [0.15, 0.2) is 24.3 Å². The Labute approximate surface area is 166 Å². The molecular formula is C21H32N2O5. The van der Waals surface area contributed by atoms with Gasteiger partial charge < -0.3 is 21.3 Å². The van der Waals surface area contributed by atoms with Crippen molar-refractivity contribution in [3.63, 3.8) is 0 Å². The third-order valence-corrected chi connectivity index (χ3v) is 4.60. The maximum Gasteiger partial charge on any atom is 0.304 e. The predicted molar refractivity (Wildman–Crippen MR) is 106 cm³/mol. The average Bonchev–Trinajstić information content (AvgIpc) is 2.61. The van der Waals surface area contributed by atoms with Gasteiger partial charge in [0.05, 0.1) is 6.42 Å². The average molecular weight is 392 g/mol. The number of nitrogens with two attached hydrogens (primary N) is 1. The Bertz CT molecular complexity index is 643. The van der Waals surface area contributed by atoms with Gasteiger partial charge in [-0.1, -0.05) is 38.1 Å². The maximum atomic E-state index is 12.5. The highest BCUT2D eigenvalue weighted by atomic mass is 16.4. The summed E-state index contributed by atoms with van der Waals surface area (Å²) in [5, 5.41) is 20.7. The SMILES string of the molecule is CC(C)CC(NC(=O)C(CCCc1ccc(CCO)cc1)CC(=O)O)C(N)=O. The van der Waals surface area contributed by atoms with E-state index in [4.69, 9.17) is 15.9 Å². The molecule has 1 rings (SSSR count). The lowest BCUT2D eigenvalue weighted by atomic mass is 9.94. The molecule has 5 N–H and O–H groups in total. The Hall–Kier alpha value is -2.41. The van der Waals surface area contributed by atoms with Crippen LogP contribution in [0.3, 0.4) is 0 Å². The molecule has 7 nitrogen and oxygen atoms in total. The molecule has 0 saturated heterocycles. The van der Waals surface area contributed by atoms with Crippen molar-refractivity contribution in [3.05, 3.63) is 35.4 Å². The second-order valence-corrected chi connectivity index (χ2v) is 7.57. The summed E-state index contributed by atoms with van der Waals surface area (Å²) in [5.41, 5.74) is 7.50. The van der Waals surface area contributed by atoms with Crippen molar-refractivity contribution in [2.24, 2.45) is 17.6 Å². The van der Waals surface area contributed by atoms with Crippen LogP contribution in [0.2, 0.25) is 0 Å². The van der Waals surface area contributed by atoms with E-state index in [2.05, 4.69) is 5.32 Å². The quantitative estimate of drug-likeness (QED) is 0.406. The smallest absolute Gasteiger partial charge is 0.304 e. The van der Waals surface area contributed by atoms with Crippen molar-refractivity contribution in [1.82, 2.24) is 5.32 Å². The summed E-state index contributed by atoms with van der Waals surface area (Å²) in [4.78, 5) is 35.2. The molecule has 0 radical (unpaired) electrons. The normalized spacial score (nSPS) is 13.1. The molecule has 0 aliphatic rings. The molecule has 0 bridgehead atoms. The first-order valence-electron chi connectivity index (χ1n) is 9.73. The number of aliphatic hydroxyl groups is 1. The fourth-order valence-electron chi connectivity index (χ4n) is 3.10. The molecule has 156 valence electrons. The molecule has 0 aliphatic carbocycles. The number of carbonyl (C=O) groups excluding carboxylic acids is 2. The Morgan fingerprint density at radius 2 is 1.64 bits per heavy atom. The minimum atomic E-state index is -1.05. The van der Waals surface area contributed by atoms with Gasteiger partial charge in [0.25, 0.3) is 0 Å². The number of carboxylic acid groups (broad SMARTS) is 1. The van der Waals surface area contributed by atoms with E-state index in [1.54, 1.807) is 0 Å². The van der Waals surface area contributed by atoms with Gasteiger partial charge in [-0.2, -0.15) is 0 Å². The standard InChI is InChI=1S/C21H32N2O5/c1-14(2)12-18(20(22)27)23-21(28)17(13-19(25)26)5-3-4-15-6-8-16(9-7-15)10-11-24/h6-9,14,17-18,24H,3-5,10-13H2,1-2H3,(H2,22,27)(H,23,28)(H,25,26). The van der Waals surface area contributed by atoms with Crippen LogP contribution in [0.5, 0.6) is 0 Å². The number of aliphatic hydroxyl groups excluding tert-OH is 1. The highest BCUT2D eigenvalue weighted by Gasteiger charge is 2.26. The third kappa shape index (κ3) is 8.99. The first-order valence-corrected chi connectivity index (χ1v) is 9.73. The van der Waals surface area contributed by atoms with Gasteiger partial charge in [-0.05, 0) is 49.1 Å². The number of aliphatic carboxylic acids is 1. The van der Waals surface area contributed by atoms with Crippen LogP contribution in [0.4, 0.5) is 0 Å². The van der Waals surface area contributed by atoms with Crippen molar-refractivity contribution >= 4 is 17.8 Å². The summed E-state index contributed by atoms with van der Waals surface area (Å²) in [6.45, 7) is 3.94. The summed E-state index contributed by atoms with van der Waals surface area (Å²) in [6.07, 6.45) is 2.52.